The number of rotatable bonds is 4. The Labute approximate surface area is 102 Å². The molecule has 1 aromatic carbocycles. The van der Waals surface area contributed by atoms with Gasteiger partial charge in [0.15, 0.2) is 5.82 Å². The van der Waals surface area contributed by atoms with Crippen LogP contribution in [-0.4, -0.2) is 16.6 Å². The largest absolute Gasteiger partial charge is 0.372 e. The Balaban J connectivity index is 2.29. The third-order valence-corrected chi connectivity index (χ3v) is 2.54. The fraction of sp³-hybridized carbons (Fsp3) is 0.286. The van der Waals surface area contributed by atoms with Crippen molar-refractivity contribution < 1.29 is 4.74 Å². The topological polar surface area (TPSA) is 35.0 Å². The molecule has 0 bridgehead atoms. The minimum Gasteiger partial charge on any atom is -0.372 e. The van der Waals surface area contributed by atoms with Crippen molar-refractivity contribution >= 4 is 0 Å². The molecule has 1 unspecified atom stereocenters. The van der Waals surface area contributed by atoms with Crippen molar-refractivity contribution in [2.45, 2.75) is 20.0 Å². The highest BCUT2D eigenvalue weighted by Crippen LogP contribution is 2.18. The lowest BCUT2D eigenvalue weighted by atomic mass is 10.2. The zero-order valence-corrected chi connectivity index (χ0v) is 10.1. The number of nitrogens with zero attached hydrogens (tertiary/aromatic N) is 2. The van der Waals surface area contributed by atoms with Gasteiger partial charge in [0.05, 0.1) is 11.8 Å². The predicted octanol–water partition coefficient (Wildman–Crippen LogP) is 3.24. The molecule has 0 aliphatic rings. The highest BCUT2D eigenvalue weighted by Gasteiger charge is 2.08. The van der Waals surface area contributed by atoms with Crippen LogP contribution < -0.4 is 0 Å². The highest BCUT2D eigenvalue weighted by molar-refractivity contribution is 5.54. The van der Waals surface area contributed by atoms with Crippen LogP contribution in [0.15, 0.2) is 42.6 Å². The van der Waals surface area contributed by atoms with Gasteiger partial charge in [-0.15, -0.1) is 0 Å². The fourth-order valence-corrected chi connectivity index (χ4v) is 1.66. The van der Waals surface area contributed by atoms with Crippen molar-refractivity contribution in [3.63, 3.8) is 0 Å². The van der Waals surface area contributed by atoms with Crippen LogP contribution >= 0.6 is 0 Å². The maximum absolute atomic E-state index is 5.53. The first kappa shape index (κ1) is 11.7. The molecule has 1 heterocycles. The van der Waals surface area contributed by atoms with Gasteiger partial charge in [0.2, 0.25) is 0 Å². The average Bonchev–Trinajstić information content (AvgIpc) is 2.40. The molecule has 17 heavy (non-hydrogen) atoms. The first-order chi connectivity index (χ1) is 8.31. The van der Waals surface area contributed by atoms with Crippen molar-refractivity contribution in [1.82, 2.24) is 9.97 Å². The van der Waals surface area contributed by atoms with Crippen LogP contribution in [0.4, 0.5) is 0 Å². The van der Waals surface area contributed by atoms with Crippen LogP contribution in [0.25, 0.3) is 11.4 Å². The molecular weight excluding hydrogens is 212 g/mol. The third kappa shape index (κ3) is 2.88. The maximum atomic E-state index is 5.53. The Bertz CT molecular complexity index is 471. The van der Waals surface area contributed by atoms with Crippen LogP contribution in [0, 0.1) is 0 Å². The molecular formula is C14H16N2O. The lowest BCUT2D eigenvalue weighted by Crippen LogP contribution is -2.03. The monoisotopic (exact) mass is 228 g/mol. The molecule has 1 atom stereocenters. The summed E-state index contributed by atoms with van der Waals surface area (Å²) in [5.41, 5.74) is 1.94. The van der Waals surface area contributed by atoms with Crippen LogP contribution in [0.3, 0.4) is 0 Å². The first-order valence-electron chi connectivity index (χ1n) is 5.81. The Kier molecular flexibility index (Phi) is 3.83. The highest BCUT2D eigenvalue weighted by atomic mass is 16.5. The summed E-state index contributed by atoms with van der Waals surface area (Å²) >= 11 is 0. The number of ether oxygens (including phenoxy) is 1. The van der Waals surface area contributed by atoms with Gasteiger partial charge < -0.3 is 4.74 Å². The van der Waals surface area contributed by atoms with Crippen LogP contribution in [-0.2, 0) is 4.74 Å². The summed E-state index contributed by atoms with van der Waals surface area (Å²) in [4.78, 5) is 8.81. The lowest BCUT2D eigenvalue weighted by Gasteiger charge is -2.11. The second kappa shape index (κ2) is 5.55. The second-order valence-electron chi connectivity index (χ2n) is 3.77. The smallest absolute Gasteiger partial charge is 0.159 e. The van der Waals surface area contributed by atoms with Crippen molar-refractivity contribution in [1.29, 1.82) is 0 Å². The summed E-state index contributed by atoms with van der Waals surface area (Å²) < 4.78 is 5.53. The Morgan fingerprint density at radius 1 is 1.18 bits per heavy atom. The Morgan fingerprint density at radius 3 is 2.65 bits per heavy atom. The molecule has 2 rings (SSSR count). The summed E-state index contributed by atoms with van der Waals surface area (Å²) in [5, 5.41) is 0. The van der Waals surface area contributed by atoms with E-state index in [1.807, 2.05) is 50.2 Å². The average molecular weight is 228 g/mol. The second-order valence-corrected chi connectivity index (χ2v) is 3.77. The van der Waals surface area contributed by atoms with Crippen molar-refractivity contribution in [2.24, 2.45) is 0 Å². The molecule has 2 aromatic rings. The van der Waals surface area contributed by atoms with Gasteiger partial charge >= 0.3 is 0 Å². The van der Waals surface area contributed by atoms with E-state index >= 15 is 0 Å². The predicted molar refractivity (Wildman–Crippen MR) is 67.5 cm³/mol. The Hall–Kier alpha value is -1.74. The quantitative estimate of drug-likeness (QED) is 0.805. The van der Waals surface area contributed by atoms with E-state index in [1.54, 1.807) is 6.20 Å². The van der Waals surface area contributed by atoms with E-state index < -0.39 is 0 Å². The molecule has 3 nitrogen and oxygen atoms in total. The zero-order chi connectivity index (χ0) is 12.1. The van der Waals surface area contributed by atoms with E-state index in [4.69, 9.17) is 4.74 Å². The zero-order valence-electron chi connectivity index (χ0n) is 10.1. The van der Waals surface area contributed by atoms with E-state index in [0.29, 0.717) is 6.61 Å². The summed E-state index contributed by atoms with van der Waals surface area (Å²) in [6.45, 7) is 4.67. The molecule has 0 saturated carbocycles. The van der Waals surface area contributed by atoms with Crippen LogP contribution in [0.5, 0.6) is 0 Å². The summed E-state index contributed by atoms with van der Waals surface area (Å²) in [7, 11) is 0. The number of hydrogen-bond acceptors (Lipinski definition) is 3. The normalized spacial score (nSPS) is 12.4. The molecule has 0 aliphatic carbocycles. The SMILES string of the molecule is CCOC(C)c1ccnc(-c2ccccc2)n1. The van der Waals surface area contributed by atoms with E-state index in [9.17, 15) is 0 Å². The summed E-state index contributed by atoms with van der Waals surface area (Å²) in [6, 6.07) is 11.9. The van der Waals surface area contributed by atoms with Gasteiger partial charge in [-0.05, 0) is 19.9 Å². The van der Waals surface area contributed by atoms with Gasteiger partial charge in [-0.25, -0.2) is 9.97 Å². The number of benzene rings is 1. The molecule has 0 amide bonds. The number of hydrogen-bond donors (Lipinski definition) is 0. The van der Waals surface area contributed by atoms with Crippen molar-refractivity contribution in [3.8, 4) is 11.4 Å². The molecule has 0 spiro atoms. The maximum Gasteiger partial charge on any atom is 0.159 e. The molecule has 3 heteroatoms. The third-order valence-electron chi connectivity index (χ3n) is 2.54. The van der Waals surface area contributed by atoms with Gasteiger partial charge in [0.1, 0.15) is 0 Å². The van der Waals surface area contributed by atoms with Gasteiger partial charge in [-0.1, -0.05) is 30.3 Å². The van der Waals surface area contributed by atoms with Crippen molar-refractivity contribution in [2.75, 3.05) is 6.61 Å². The van der Waals surface area contributed by atoms with E-state index in [2.05, 4.69) is 9.97 Å². The molecule has 1 aromatic heterocycles. The molecule has 0 aliphatic heterocycles. The van der Waals surface area contributed by atoms with Crippen molar-refractivity contribution in [3.05, 3.63) is 48.3 Å². The van der Waals surface area contributed by atoms with Gasteiger partial charge in [-0.2, -0.15) is 0 Å². The lowest BCUT2D eigenvalue weighted by molar-refractivity contribution is 0.0733. The van der Waals surface area contributed by atoms with E-state index in [1.165, 1.54) is 0 Å². The molecule has 0 radical (unpaired) electrons. The van der Waals surface area contributed by atoms with Gasteiger partial charge in [0, 0.05) is 18.4 Å². The standard InChI is InChI=1S/C14H16N2O/c1-3-17-11(2)13-9-10-15-14(16-13)12-7-5-4-6-8-12/h4-11H,3H2,1-2H3. The summed E-state index contributed by atoms with van der Waals surface area (Å²) in [6.07, 6.45) is 1.78. The first-order valence-corrected chi connectivity index (χ1v) is 5.81. The van der Waals surface area contributed by atoms with Crippen LogP contribution in [0.2, 0.25) is 0 Å². The molecule has 0 saturated heterocycles. The molecule has 88 valence electrons. The minimum atomic E-state index is 0.00506. The van der Waals surface area contributed by atoms with Gasteiger partial charge in [0.25, 0.3) is 0 Å². The molecule has 0 N–H and O–H groups in total. The Morgan fingerprint density at radius 2 is 1.94 bits per heavy atom. The van der Waals surface area contributed by atoms with E-state index in [0.717, 1.165) is 17.1 Å². The molecule has 0 fully saturated rings. The van der Waals surface area contributed by atoms with Gasteiger partial charge in [-0.3, -0.25) is 0 Å². The summed E-state index contributed by atoms with van der Waals surface area (Å²) in [5.74, 6) is 0.745. The van der Waals surface area contributed by atoms with Crippen LogP contribution in [0.1, 0.15) is 25.6 Å². The number of aromatic nitrogens is 2. The fourth-order valence-electron chi connectivity index (χ4n) is 1.66. The minimum absolute atomic E-state index is 0.00506. The van der Waals surface area contributed by atoms with E-state index in [-0.39, 0.29) is 6.10 Å².